The molecule has 5 nitrogen and oxygen atoms in total. The zero-order chi connectivity index (χ0) is 11.6. The molecule has 3 fully saturated rings. The Hall–Kier alpha value is -1.85. The van der Waals surface area contributed by atoms with E-state index in [1.165, 1.54) is 6.08 Å². The average molecular weight is 251 g/mol. The molecule has 18 heavy (non-hydrogen) atoms. The van der Waals surface area contributed by atoms with Crippen LogP contribution in [0.4, 0.5) is 0 Å². The van der Waals surface area contributed by atoms with Gasteiger partial charge in [0.2, 0.25) is 11.6 Å². The Morgan fingerprint density at radius 1 is 0.833 bits per heavy atom. The molecular formula is C12H14FN3O2. The fraction of sp³-hybridized carbons (Fsp3) is 0.500. The number of allylic oxidation sites excluding steroid dienone is 1. The molecule has 3 saturated heterocycles. The summed E-state index contributed by atoms with van der Waals surface area (Å²) in [5, 5.41) is 0. The highest BCUT2D eigenvalue weighted by Crippen LogP contribution is 2.33. The van der Waals surface area contributed by atoms with Gasteiger partial charge < -0.3 is 19.4 Å². The van der Waals surface area contributed by atoms with E-state index < -0.39 is 0 Å². The van der Waals surface area contributed by atoms with Crippen molar-refractivity contribution in [2.24, 2.45) is 0 Å². The highest BCUT2D eigenvalue weighted by atomic mass is 19.0. The first-order valence-corrected chi connectivity index (χ1v) is 6.05. The topological polar surface area (TPSA) is 43.2 Å². The van der Waals surface area contributed by atoms with E-state index in [2.05, 4.69) is 0 Å². The lowest BCUT2D eigenvalue weighted by atomic mass is 10.0. The third kappa shape index (κ3) is 1.60. The normalized spacial score (nSPS) is 25.1. The second-order valence-electron chi connectivity index (χ2n) is 4.88. The lowest BCUT2D eigenvalue weighted by Crippen LogP contribution is -3.00. The SMILES string of the molecule is O=C1C=C(N2CC2)C(=O)C(N2CC2)=C1N1CC1.[F-].[H+]. The number of Topliss-reactive ketones (excluding diaryl/α,β-unsaturated/α-hetero) is 1. The van der Waals surface area contributed by atoms with Crippen LogP contribution < -0.4 is 4.70 Å². The van der Waals surface area contributed by atoms with Crippen LogP contribution in [0.2, 0.25) is 0 Å². The van der Waals surface area contributed by atoms with Crippen molar-refractivity contribution < 1.29 is 15.7 Å². The van der Waals surface area contributed by atoms with Gasteiger partial charge in [0.25, 0.3) is 0 Å². The summed E-state index contributed by atoms with van der Waals surface area (Å²) >= 11 is 0. The van der Waals surface area contributed by atoms with Crippen LogP contribution in [0.3, 0.4) is 0 Å². The molecule has 0 saturated carbocycles. The number of carbonyl (C=O) groups is 2. The Kier molecular flexibility index (Phi) is 2.23. The van der Waals surface area contributed by atoms with E-state index in [0.717, 1.165) is 39.3 Å². The van der Waals surface area contributed by atoms with E-state index in [1.54, 1.807) is 0 Å². The van der Waals surface area contributed by atoms with Crippen LogP contribution in [0.1, 0.15) is 1.43 Å². The molecule has 0 aromatic rings. The van der Waals surface area contributed by atoms with Gasteiger partial charge in [-0.3, -0.25) is 9.59 Å². The largest absolute Gasteiger partial charge is 1.00 e. The molecule has 3 heterocycles. The second kappa shape index (κ2) is 3.57. The molecule has 0 unspecified atom stereocenters. The maximum absolute atomic E-state index is 12.4. The maximum Gasteiger partial charge on any atom is 1.00 e. The first-order chi connectivity index (χ1) is 8.25. The van der Waals surface area contributed by atoms with Crippen LogP contribution in [0, 0.1) is 0 Å². The molecule has 0 aromatic carbocycles. The summed E-state index contributed by atoms with van der Waals surface area (Å²) in [6.45, 7) is 5.41. The molecule has 0 aromatic heterocycles. The van der Waals surface area contributed by atoms with Gasteiger partial charge in [0.15, 0.2) is 0 Å². The second-order valence-corrected chi connectivity index (χ2v) is 4.88. The zero-order valence-corrected chi connectivity index (χ0v) is 9.86. The molecule has 3 aliphatic heterocycles. The van der Waals surface area contributed by atoms with Gasteiger partial charge in [0.05, 0.1) is 5.70 Å². The molecule has 1 aliphatic carbocycles. The van der Waals surface area contributed by atoms with E-state index in [9.17, 15) is 9.59 Å². The number of nitrogens with zero attached hydrogens (tertiary/aromatic N) is 3. The minimum atomic E-state index is 0. The van der Waals surface area contributed by atoms with Crippen LogP contribution in [-0.2, 0) is 9.59 Å². The highest BCUT2D eigenvalue weighted by Gasteiger charge is 2.43. The Morgan fingerprint density at radius 2 is 1.33 bits per heavy atom. The Balaban J connectivity index is 0.000000667. The average Bonchev–Trinajstić information content (AvgIpc) is 3.13. The lowest BCUT2D eigenvalue weighted by molar-refractivity contribution is -0.117. The number of carbonyl (C=O) groups excluding carboxylic acids is 2. The van der Waals surface area contributed by atoms with Crippen LogP contribution in [0.15, 0.2) is 23.2 Å². The minimum Gasteiger partial charge on any atom is -1.00 e. The van der Waals surface area contributed by atoms with Gasteiger partial charge in [-0.25, -0.2) is 0 Å². The zero-order valence-electron chi connectivity index (χ0n) is 10.9. The minimum absolute atomic E-state index is 0. The highest BCUT2D eigenvalue weighted by molar-refractivity contribution is 6.22. The molecule has 0 N–H and O–H groups in total. The lowest BCUT2D eigenvalue weighted by Gasteiger charge is -2.21. The number of rotatable bonds is 3. The van der Waals surface area contributed by atoms with Gasteiger partial charge in [-0.2, -0.15) is 0 Å². The molecule has 0 radical (unpaired) electrons. The van der Waals surface area contributed by atoms with Crippen molar-refractivity contribution in [3.05, 3.63) is 23.2 Å². The fourth-order valence-corrected chi connectivity index (χ4v) is 2.28. The molecule has 0 spiro atoms. The van der Waals surface area contributed by atoms with Crippen LogP contribution in [0.5, 0.6) is 0 Å². The van der Waals surface area contributed by atoms with Crippen molar-refractivity contribution in [2.45, 2.75) is 0 Å². The van der Waals surface area contributed by atoms with Crippen LogP contribution in [0.25, 0.3) is 0 Å². The van der Waals surface area contributed by atoms with Crippen molar-refractivity contribution in [3.8, 4) is 0 Å². The molecule has 0 bridgehead atoms. The number of hydrogen-bond acceptors (Lipinski definition) is 5. The first kappa shape index (κ1) is 11.3. The van der Waals surface area contributed by atoms with Crippen molar-refractivity contribution in [1.29, 1.82) is 0 Å². The van der Waals surface area contributed by atoms with E-state index in [-0.39, 0.29) is 17.7 Å². The summed E-state index contributed by atoms with van der Waals surface area (Å²) in [5.74, 6) is 0.0485. The number of hydrogen-bond donors (Lipinski definition) is 0. The first-order valence-electron chi connectivity index (χ1n) is 6.05. The number of ketones is 2. The molecule has 6 heteroatoms. The molecule has 0 amide bonds. The summed E-state index contributed by atoms with van der Waals surface area (Å²) < 4.78 is 0. The van der Waals surface area contributed by atoms with E-state index in [1.807, 2.05) is 14.7 Å². The third-order valence-electron chi connectivity index (χ3n) is 3.49. The predicted octanol–water partition coefficient (Wildman–Crippen LogP) is -3.70. The Labute approximate surface area is 105 Å². The monoisotopic (exact) mass is 251 g/mol. The van der Waals surface area contributed by atoms with E-state index in [0.29, 0.717) is 17.1 Å². The third-order valence-corrected chi connectivity index (χ3v) is 3.49. The Morgan fingerprint density at radius 3 is 1.83 bits per heavy atom. The summed E-state index contributed by atoms with van der Waals surface area (Å²) in [6, 6.07) is 0. The quantitative estimate of drug-likeness (QED) is 0.381. The fourth-order valence-electron chi connectivity index (χ4n) is 2.28. The number of halogens is 1. The molecule has 4 rings (SSSR count). The predicted molar refractivity (Wildman–Crippen MR) is 61.0 cm³/mol. The molecule has 96 valence electrons. The van der Waals surface area contributed by atoms with Crippen LogP contribution in [-0.4, -0.2) is 65.5 Å². The summed E-state index contributed by atoms with van der Waals surface area (Å²) in [6.07, 6.45) is 1.52. The summed E-state index contributed by atoms with van der Waals surface area (Å²) in [7, 11) is 0. The van der Waals surface area contributed by atoms with Crippen molar-refractivity contribution >= 4 is 11.6 Å². The Bertz CT molecular complexity index is 505. The van der Waals surface area contributed by atoms with Gasteiger partial charge in [-0.15, -0.1) is 0 Å². The maximum atomic E-state index is 12.4. The summed E-state index contributed by atoms with van der Waals surface area (Å²) in [5.41, 5.74) is 1.89. The van der Waals surface area contributed by atoms with E-state index >= 15 is 0 Å². The van der Waals surface area contributed by atoms with Crippen molar-refractivity contribution in [2.75, 3.05) is 39.3 Å². The van der Waals surface area contributed by atoms with Gasteiger partial charge in [0.1, 0.15) is 11.4 Å². The molecule has 4 aliphatic rings. The smallest absolute Gasteiger partial charge is 1.00 e. The molecule has 0 atom stereocenters. The van der Waals surface area contributed by atoms with E-state index in [4.69, 9.17) is 0 Å². The van der Waals surface area contributed by atoms with Crippen LogP contribution >= 0.6 is 0 Å². The van der Waals surface area contributed by atoms with Gasteiger partial charge >= 0.3 is 1.43 Å². The molecular weight excluding hydrogens is 237 g/mol. The van der Waals surface area contributed by atoms with Gasteiger partial charge in [-0.05, 0) is 0 Å². The van der Waals surface area contributed by atoms with Gasteiger partial charge in [-0.1, -0.05) is 0 Å². The van der Waals surface area contributed by atoms with Crippen molar-refractivity contribution in [1.82, 2.24) is 14.7 Å². The van der Waals surface area contributed by atoms with Crippen molar-refractivity contribution in [3.63, 3.8) is 0 Å². The summed E-state index contributed by atoms with van der Waals surface area (Å²) in [4.78, 5) is 30.5. The standard InChI is InChI=1S/C12H13N3O2.FH/c16-9-7-8(13-1-2-13)12(17)11(15-5-6-15)10(9)14-3-4-14;/h7H,1-6H2;1H. The van der Waals surface area contributed by atoms with Gasteiger partial charge in [0, 0.05) is 45.3 Å².